The van der Waals surface area contributed by atoms with Crippen LogP contribution in [0.1, 0.15) is 35.6 Å². The van der Waals surface area contributed by atoms with Crippen LogP contribution in [0.2, 0.25) is 5.02 Å². The molecule has 118 valence electrons. The summed E-state index contributed by atoms with van der Waals surface area (Å²) in [7, 11) is 0. The Morgan fingerprint density at radius 3 is 2.52 bits per heavy atom. The number of aromatic nitrogens is 1. The lowest BCUT2D eigenvalue weighted by Gasteiger charge is -2.06. The van der Waals surface area contributed by atoms with Gasteiger partial charge in [0, 0.05) is 28.1 Å². The van der Waals surface area contributed by atoms with Crippen LogP contribution in [0.15, 0.2) is 36.4 Å². The number of rotatable bonds is 4. The fourth-order valence-corrected chi connectivity index (χ4v) is 3.95. The summed E-state index contributed by atoms with van der Waals surface area (Å²) in [6.07, 6.45) is 0.548. The van der Waals surface area contributed by atoms with Gasteiger partial charge in [-0.15, -0.1) is 11.3 Å². The second-order valence-corrected chi connectivity index (χ2v) is 7.58. The van der Waals surface area contributed by atoms with Crippen LogP contribution in [0, 0.1) is 12.8 Å². The summed E-state index contributed by atoms with van der Waals surface area (Å²) in [6.45, 7) is 6.10. The van der Waals surface area contributed by atoms with E-state index in [1.807, 2.05) is 37.3 Å². The Morgan fingerprint density at radius 2 is 1.87 bits per heavy atom. The Hall–Kier alpha value is -1.71. The zero-order chi connectivity index (χ0) is 16.6. The molecule has 0 aliphatic heterocycles. The lowest BCUT2D eigenvalue weighted by atomic mass is 9.98. The maximum atomic E-state index is 12.7. The summed E-state index contributed by atoms with van der Waals surface area (Å²) >= 11 is 7.50. The van der Waals surface area contributed by atoms with Gasteiger partial charge in [-0.3, -0.25) is 4.79 Å². The Labute approximate surface area is 145 Å². The Bertz CT molecular complexity index is 865. The van der Waals surface area contributed by atoms with Crippen LogP contribution in [0.3, 0.4) is 0 Å². The SMILES string of the molecule is Cc1ccc2c(-c3ccc(Cl)cc3)c(C(=O)CC(C)C)sc2n1. The molecule has 0 fully saturated rings. The van der Waals surface area contributed by atoms with E-state index in [-0.39, 0.29) is 5.78 Å². The first kappa shape index (κ1) is 16.2. The molecule has 0 bridgehead atoms. The van der Waals surface area contributed by atoms with Gasteiger partial charge < -0.3 is 0 Å². The molecule has 0 aliphatic rings. The third kappa shape index (κ3) is 3.31. The van der Waals surface area contributed by atoms with Crippen molar-refractivity contribution in [2.75, 3.05) is 0 Å². The smallest absolute Gasteiger partial charge is 0.173 e. The summed E-state index contributed by atoms with van der Waals surface area (Å²) < 4.78 is 0. The van der Waals surface area contributed by atoms with E-state index in [4.69, 9.17) is 11.6 Å². The van der Waals surface area contributed by atoms with Gasteiger partial charge in [0.1, 0.15) is 4.83 Å². The van der Waals surface area contributed by atoms with Crippen LogP contribution in [0.4, 0.5) is 0 Å². The van der Waals surface area contributed by atoms with E-state index >= 15 is 0 Å². The first-order chi connectivity index (χ1) is 11.0. The molecule has 0 spiro atoms. The van der Waals surface area contributed by atoms with Crippen LogP contribution in [0.5, 0.6) is 0 Å². The molecule has 0 atom stereocenters. The zero-order valence-electron chi connectivity index (χ0n) is 13.4. The zero-order valence-corrected chi connectivity index (χ0v) is 15.0. The number of fused-ring (bicyclic) bond motifs is 1. The third-order valence-corrected chi connectivity index (χ3v) is 5.07. The average Bonchev–Trinajstić information content (AvgIpc) is 2.86. The highest BCUT2D eigenvalue weighted by Gasteiger charge is 2.21. The van der Waals surface area contributed by atoms with Crippen LogP contribution in [-0.4, -0.2) is 10.8 Å². The number of hydrogen-bond donors (Lipinski definition) is 0. The number of thiophene rings is 1. The lowest BCUT2D eigenvalue weighted by molar-refractivity contribution is 0.0972. The molecule has 1 aromatic carbocycles. The van der Waals surface area contributed by atoms with Crippen molar-refractivity contribution in [3.05, 3.63) is 52.0 Å². The second-order valence-electron chi connectivity index (χ2n) is 6.14. The molecule has 23 heavy (non-hydrogen) atoms. The molecule has 0 unspecified atom stereocenters. The summed E-state index contributed by atoms with van der Waals surface area (Å²) in [5, 5.41) is 1.73. The van der Waals surface area contributed by atoms with E-state index in [1.54, 1.807) is 0 Å². The molecule has 3 aromatic rings. The molecule has 0 saturated heterocycles. The number of benzene rings is 1. The monoisotopic (exact) mass is 343 g/mol. The van der Waals surface area contributed by atoms with Crippen molar-refractivity contribution in [1.82, 2.24) is 4.98 Å². The topological polar surface area (TPSA) is 30.0 Å². The normalized spacial score (nSPS) is 11.3. The van der Waals surface area contributed by atoms with Crippen molar-refractivity contribution in [3.8, 4) is 11.1 Å². The highest BCUT2D eigenvalue weighted by molar-refractivity contribution is 7.21. The van der Waals surface area contributed by atoms with Gasteiger partial charge in [-0.1, -0.05) is 37.6 Å². The molecule has 2 heterocycles. The maximum Gasteiger partial charge on any atom is 0.173 e. The van der Waals surface area contributed by atoms with Gasteiger partial charge in [-0.25, -0.2) is 4.98 Å². The van der Waals surface area contributed by atoms with Crippen molar-refractivity contribution >= 4 is 38.9 Å². The van der Waals surface area contributed by atoms with Gasteiger partial charge in [0.05, 0.1) is 4.88 Å². The number of carbonyl (C=O) groups is 1. The first-order valence-electron chi connectivity index (χ1n) is 7.65. The number of Topliss-reactive ketones (excluding diaryl/α,β-unsaturated/α-hetero) is 1. The van der Waals surface area contributed by atoms with E-state index in [2.05, 4.69) is 24.9 Å². The van der Waals surface area contributed by atoms with Crippen molar-refractivity contribution in [1.29, 1.82) is 0 Å². The number of ketones is 1. The van der Waals surface area contributed by atoms with E-state index in [0.717, 1.165) is 31.9 Å². The highest BCUT2D eigenvalue weighted by atomic mass is 35.5. The van der Waals surface area contributed by atoms with Crippen molar-refractivity contribution in [2.45, 2.75) is 27.2 Å². The van der Waals surface area contributed by atoms with E-state index in [0.29, 0.717) is 17.4 Å². The molecule has 3 rings (SSSR count). The molecule has 0 radical (unpaired) electrons. The molecule has 0 amide bonds. The summed E-state index contributed by atoms with van der Waals surface area (Å²) in [5.74, 6) is 0.520. The minimum absolute atomic E-state index is 0.186. The fraction of sp³-hybridized carbons (Fsp3) is 0.263. The third-order valence-electron chi connectivity index (χ3n) is 3.67. The summed E-state index contributed by atoms with van der Waals surface area (Å²) in [5.41, 5.74) is 2.96. The summed E-state index contributed by atoms with van der Waals surface area (Å²) in [6, 6.07) is 11.7. The predicted molar refractivity (Wildman–Crippen MR) is 98.6 cm³/mol. The van der Waals surface area contributed by atoms with Crippen LogP contribution in [-0.2, 0) is 0 Å². The fourth-order valence-electron chi connectivity index (χ4n) is 2.63. The number of hydrogen-bond acceptors (Lipinski definition) is 3. The van der Waals surface area contributed by atoms with Crippen LogP contribution in [0.25, 0.3) is 21.3 Å². The number of pyridine rings is 1. The van der Waals surface area contributed by atoms with Gasteiger partial charge >= 0.3 is 0 Å². The van der Waals surface area contributed by atoms with Crippen molar-refractivity contribution < 1.29 is 4.79 Å². The van der Waals surface area contributed by atoms with E-state index < -0.39 is 0 Å². The molecule has 2 nitrogen and oxygen atoms in total. The molecule has 2 aromatic heterocycles. The van der Waals surface area contributed by atoms with Gasteiger partial charge in [-0.2, -0.15) is 0 Å². The minimum Gasteiger partial charge on any atom is -0.293 e. The molecule has 0 saturated carbocycles. The number of aryl methyl sites for hydroxylation is 1. The second kappa shape index (κ2) is 6.42. The maximum absolute atomic E-state index is 12.7. The average molecular weight is 344 g/mol. The summed E-state index contributed by atoms with van der Waals surface area (Å²) in [4.78, 5) is 19.0. The van der Waals surface area contributed by atoms with E-state index in [1.165, 1.54) is 11.3 Å². The largest absolute Gasteiger partial charge is 0.293 e. The number of carbonyl (C=O) groups excluding carboxylic acids is 1. The lowest BCUT2D eigenvalue weighted by Crippen LogP contribution is -2.02. The van der Waals surface area contributed by atoms with Gasteiger partial charge in [-0.05, 0) is 42.7 Å². The van der Waals surface area contributed by atoms with Crippen molar-refractivity contribution in [3.63, 3.8) is 0 Å². The van der Waals surface area contributed by atoms with Crippen molar-refractivity contribution in [2.24, 2.45) is 5.92 Å². The Kier molecular flexibility index (Phi) is 4.51. The van der Waals surface area contributed by atoms with Crippen LogP contribution < -0.4 is 0 Å². The van der Waals surface area contributed by atoms with Gasteiger partial charge in [0.25, 0.3) is 0 Å². The molecular weight excluding hydrogens is 326 g/mol. The van der Waals surface area contributed by atoms with E-state index in [9.17, 15) is 4.79 Å². The highest BCUT2D eigenvalue weighted by Crippen LogP contribution is 2.39. The molecular formula is C19H18ClNOS. The molecule has 0 aliphatic carbocycles. The predicted octanol–water partition coefficient (Wildman–Crippen LogP) is 6.15. The number of nitrogens with zero attached hydrogens (tertiary/aromatic N) is 1. The number of halogens is 1. The van der Waals surface area contributed by atoms with Crippen LogP contribution >= 0.6 is 22.9 Å². The quantitative estimate of drug-likeness (QED) is 0.531. The standard InChI is InChI=1S/C19H18ClNOS/c1-11(2)10-16(22)18-17(13-5-7-14(20)8-6-13)15-9-4-12(3)21-19(15)23-18/h4-9,11H,10H2,1-3H3. The Balaban J connectivity index is 2.23. The van der Waals surface area contributed by atoms with Gasteiger partial charge in [0.2, 0.25) is 0 Å². The Morgan fingerprint density at radius 1 is 1.17 bits per heavy atom. The first-order valence-corrected chi connectivity index (χ1v) is 8.84. The van der Waals surface area contributed by atoms with Gasteiger partial charge in [0.15, 0.2) is 5.78 Å². The molecule has 4 heteroatoms. The molecule has 0 N–H and O–H groups in total. The minimum atomic E-state index is 0.186.